The van der Waals surface area contributed by atoms with E-state index in [-0.39, 0.29) is 17.8 Å². The number of halogens is 1. The highest BCUT2D eigenvalue weighted by atomic mass is 35.5. The van der Waals surface area contributed by atoms with Crippen LogP contribution in [0.1, 0.15) is 31.9 Å². The Labute approximate surface area is 160 Å². The van der Waals surface area contributed by atoms with Crippen molar-refractivity contribution in [2.45, 2.75) is 44.6 Å². The zero-order valence-electron chi connectivity index (χ0n) is 15.4. The molecule has 2 aliphatic rings. The molecule has 4 heteroatoms. The summed E-state index contributed by atoms with van der Waals surface area (Å²) in [5, 5.41) is 4.32. The van der Waals surface area contributed by atoms with Crippen molar-refractivity contribution in [3.63, 3.8) is 0 Å². The molecule has 0 bridgehead atoms. The van der Waals surface area contributed by atoms with Gasteiger partial charge in [-0.3, -0.25) is 5.32 Å². The van der Waals surface area contributed by atoms with Crippen LogP contribution in [0, 0.1) is 0 Å². The summed E-state index contributed by atoms with van der Waals surface area (Å²) in [6.07, 6.45) is 4.37. The monoisotopic (exact) mass is 368 g/mol. The molecular weight excluding hydrogens is 344 g/mol. The lowest BCUT2D eigenvalue weighted by Crippen LogP contribution is -2.51. The Morgan fingerprint density at radius 2 is 1.88 bits per heavy atom. The zero-order chi connectivity index (χ0) is 18.3. The summed E-state index contributed by atoms with van der Waals surface area (Å²) in [7, 11) is 0. The fourth-order valence-electron chi connectivity index (χ4n) is 4.02. The molecule has 136 valence electrons. The number of rotatable bonds is 3. The first kappa shape index (κ1) is 17.6. The van der Waals surface area contributed by atoms with Crippen LogP contribution in [0.4, 0.5) is 5.69 Å². The van der Waals surface area contributed by atoms with Gasteiger partial charge in [-0.2, -0.15) is 0 Å². The van der Waals surface area contributed by atoms with Crippen molar-refractivity contribution in [1.29, 1.82) is 0 Å². The largest absolute Gasteiger partial charge is 0.343 e. The first-order valence-electron chi connectivity index (χ1n) is 9.16. The molecule has 0 spiro atoms. The lowest BCUT2D eigenvalue weighted by molar-refractivity contribution is 0.0909. The fraction of sp³-hybridized carbons (Fsp3) is 0.364. The Hall–Kier alpha value is -1.81. The second kappa shape index (κ2) is 6.73. The van der Waals surface area contributed by atoms with Crippen molar-refractivity contribution in [2.75, 3.05) is 11.5 Å². The van der Waals surface area contributed by atoms with Crippen molar-refractivity contribution in [3.05, 3.63) is 70.8 Å². The second-order valence-corrected chi connectivity index (χ2v) is 8.19. The van der Waals surface area contributed by atoms with Crippen LogP contribution in [0.3, 0.4) is 0 Å². The van der Waals surface area contributed by atoms with E-state index in [9.17, 15) is 0 Å². The number of nitrogens with zero attached hydrogens (tertiary/aromatic N) is 1. The molecule has 2 unspecified atom stereocenters. The third-order valence-corrected chi connectivity index (χ3v) is 5.69. The fourth-order valence-corrected chi connectivity index (χ4v) is 4.14. The average Bonchev–Trinajstić information content (AvgIpc) is 3.14. The molecule has 2 aromatic carbocycles. The molecular formula is C22H25ClN2O. The van der Waals surface area contributed by atoms with E-state index in [0.29, 0.717) is 6.04 Å². The molecule has 3 atom stereocenters. The van der Waals surface area contributed by atoms with E-state index in [2.05, 4.69) is 67.4 Å². The quantitative estimate of drug-likeness (QED) is 0.841. The van der Waals surface area contributed by atoms with Crippen LogP contribution in [-0.2, 0) is 10.2 Å². The maximum absolute atomic E-state index is 6.06. The van der Waals surface area contributed by atoms with E-state index < -0.39 is 0 Å². The summed E-state index contributed by atoms with van der Waals surface area (Å²) < 4.78 is 6.06. The van der Waals surface area contributed by atoms with E-state index in [1.807, 2.05) is 24.3 Å². The summed E-state index contributed by atoms with van der Waals surface area (Å²) in [5.74, 6) is 0. The van der Waals surface area contributed by atoms with E-state index in [1.54, 1.807) is 0 Å². The minimum Gasteiger partial charge on any atom is -0.343 e. The molecule has 0 aliphatic carbocycles. The van der Waals surface area contributed by atoms with Crippen LogP contribution >= 0.6 is 11.6 Å². The maximum Gasteiger partial charge on any atom is 0.187 e. The molecule has 4 rings (SSSR count). The highest BCUT2D eigenvalue weighted by molar-refractivity contribution is 6.30. The van der Waals surface area contributed by atoms with Gasteiger partial charge in [-0.1, -0.05) is 67.9 Å². The molecule has 3 nitrogen and oxygen atoms in total. The lowest BCUT2D eigenvalue weighted by Gasteiger charge is -2.35. The number of ether oxygens (including phenoxy) is 1. The topological polar surface area (TPSA) is 24.5 Å². The first-order valence-corrected chi connectivity index (χ1v) is 9.54. The van der Waals surface area contributed by atoms with Crippen LogP contribution in [0.2, 0.25) is 5.02 Å². The lowest BCUT2D eigenvalue weighted by atomic mass is 9.80. The Balaban J connectivity index is 1.71. The van der Waals surface area contributed by atoms with Crippen molar-refractivity contribution in [1.82, 2.24) is 5.32 Å². The van der Waals surface area contributed by atoms with Gasteiger partial charge in [0.2, 0.25) is 0 Å². The highest BCUT2D eigenvalue weighted by Crippen LogP contribution is 2.47. The van der Waals surface area contributed by atoms with Crippen LogP contribution in [0.25, 0.3) is 6.08 Å². The maximum atomic E-state index is 6.06. The van der Waals surface area contributed by atoms with Gasteiger partial charge in [0.25, 0.3) is 0 Å². The average molecular weight is 369 g/mol. The summed E-state index contributed by atoms with van der Waals surface area (Å²) in [6, 6.07) is 17.2. The van der Waals surface area contributed by atoms with Crippen LogP contribution in [-0.4, -0.2) is 25.0 Å². The Kier molecular flexibility index (Phi) is 4.55. The SMILES string of the molecule is CC1CO[C@H](N2c3ccccc3C(C)(C)C2C=Cc2ccc(Cl)cc2)N1. The van der Waals surface area contributed by atoms with Crippen LogP contribution in [0.15, 0.2) is 54.6 Å². The van der Waals surface area contributed by atoms with Gasteiger partial charge in [0.1, 0.15) is 0 Å². The molecule has 0 aromatic heterocycles. The first-order chi connectivity index (χ1) is 12.5. The van der Waals surface area contributed by atoms with Crippen molar-refractivity contribution < 1.29 is 4.74 Å². The smallest absolute Gasteiger partial charge is 0.187 e. The molecule has 0 radical (unpaired) electrons. The van der Waals surface area contributed by atoms with E-state index >= 15 is 0 Å². The van der Waals surface area contributed by atoms with Gasteiger partial charge in [-0.15, -0.1) is 0 Å². The standard InChI is InChI=1S/C22H25ClN2O/c1-15-14-26-21(24-15)25-19-7-5-4-6-18(19)22(2,3)20(25)13-10-16-8-11-17(23)12-9-16/h4-13,15,20-21,24H,14H2,1-3H3/t15?,20?,21-/m0/s1. The van der Waals surface area contributed by atoms with Gasteiger partial charge < -0.3 is 9.64 Å². The number of fused-ring (bicyclic) bond motifs is 1. The number of hydrogen-bond donors (Lipinski definition) is 1. The zero-order valence-corrected chi connectivity index (χ0v) is 16.2. The number of hydrogen-bond acceptors (Lipinski definition) is 3. The van der Waals surface area contributed by atoms with Crippen molar-refractivity contribution in [3.8, 4) is 0 Å². The van der Waals surface area contributed by atoms with Gasteiger partial charge >= 0.3 is 0 Å². The highest BCUT2D eigenvalue weighted by Gasteiger charge is 2.47. The second-order valence-electron chi connectivity index (χ2n) is 7.76. The van der Waals surface area contributed by atoms with Crippen molar-refractivity contribution in [2.24, 2.45) is 0 Å². The predicted molar refractivity (Wildman–Crippen MR) is 109 cm³/mol. The normalized spacial score (nSPS) is 27.2. The van der Waals surface area contributed by atoms with Crippen LogP contribution < -0.4 is 10.2 Å². The Morgan fingerprint density at radius 1 is 1.15 bits per heavy atom. The van der Waals surface area contributed by atoms with Gasteiger partial charge in [0.15, 0.2) is 6.35 Å². The van der Waals surface area contributed by atoms with E-state index in [0.717, 1.165) is 17.2 Å². The van der Waals surface area contributed by atoms with Crippen molar-refractivity contribution >= 4 is 23.4 Å². The van der Waals surface area contributed by atoms with Crippen LogP contribution in [0.5, 0.6) is 0 Å². The molecule has 2 aliphatic heterocycles. The van der Waals surface area contributed by atoms with Gasteiger partial charge in [-0.05, 0) is 36.2 Å². The summed E-state index contributed by atoms with van der Waals surface area (Å²) in [6.45, 7) is 7.51. The Bertz CT molecular complexity index is 815. The van der Waals surface area contributed by atoms with E-state index in [4.69, 9.17) is 16.3 Å². The minimum atomic E-state index is -0.104. The summed E-state index contributed by atoms with van der Waals surface area (Å²) in [4.78, 5) is 2.38. The number of para-hydroxylation sites is 1. The third-order valence-electron chi connectivity index (χ3n) is 5.44. The molecule has 26 heavy (non-hydrogen) atoms. The van der Waals surface area contributed by atoms with E-state index in [1.165, 1.54) is 11.3 Å². The van der Waals surface area contributed by atoms with Gasteiger partial charge in [-0.25, -0.2) is 0 Å². The van der Waals surface area contributed by atoms with Gasteiger partial charge in [0, 0.05) is 22.2 Å². The Morgan fingerprint density at radius 3 is 2.58 bits per heavy atom. The molecule has 1 N–H and O–H groups in total. The molecule has 2 aromatic rings. The summed E-state index contributed by atoms with van der Waals surface area (Å²) >= 11 is 6.01. The molecule has 0 saturated carbocycles. The van der Waals surface area contributed by atoms with Gasteiger partial charge in [0.05, 0.1) is 12.6 Å². The number of anilines is 1. The number of benzene rings is 2. The molecule has 1 saturated heterocycles. The molecule has 2 heterocycles. The number of nitrogens with one attached hydrogen (secondary N) is 1. The predicted octanol–water partition coefficient (Wildman–Crippen LogP) is 4.81. The molecule has 0 amide bonds. The third kappa shape index (κ3) is 3.05. The minimum absolute atomic E-state index is 0.0175. The molecule has 1 fully saturated rings. The summed E-state index contributed by atoms with van der Waals surface area (Å²) in [5.41, 5.74) is 3.73.